The van der Waals surface area contributed by atoms with Crippen molar-refractivity contribution in [3.05, 3.63) is 23.8 Å². The summed E-state index contributed by atoms with van der Waals surface area (Å²) in [4.78, 5) is 22.9. The third-order valence-corrected chi connectivity index (χ3v) is 3.04. The third kappa shape index (κ3) is 1.74. The molecule has 0 spiro atoms. The number of carbonyl (C=O) groups excluding carboxylic acids is 2. The van der Waals surface area contributed by atoms with E-state index in [-0.39, 0.29) is 18.2 Å². The minimum absolute atomic E-state index is 0.140. The molecule has 2 amide bonds. The van der Waals surface area contributed by atoms with Crippen LogP contribution in [0.2, 0.25) is 0 Å². The minimum atomic E-state index is -0.280. The molecule has 0 aliphatic carbocycles. The summed E-state index contributed by atoms with van der Waals surface area (Å²) in [6, 6.07) is 5.50. The molecule has 1 heterocycles. The van der Waals surface area contributed by atoms with Gasteiger partial charge in [-0.05, 0) is 18.6 Å². The summed E-state index contributed by atoms with van der Waals surface area (Å²) in [6.07, 6.45) is -0.140. The van der Waals surface area contributed by atoms with Crippen molar-refractivity contribution >= 4 is 39.3 Å². The Labute approximate surface area is 95.6 Å². The highest BCUT2D eigenvalue weighted by Gasteiger charge is 2.25. The second-order valence-corrected chi connectivity index (χ2v) is 4.08. The lowest BCUT2D eigenvalue weighted by Gasteiger charge is -2.15. The largest absolute Gasteiger partial charge is 0.324 e. The number of benzene rings is 1. The van der Waals surface area contributed by atoms with Gasteiger partial charge in [0.25, 0.3) is 0 Å². The zero-order chi connectivity index (χ0) is 11.0. The van der Waals surface area contributed by atoms with E-state index in [4.69, 9.17) is 0 Å². The van der Waals surface area contributed by atoms with Crippen LogP contribution in [0.25, 0.3) is 0 Å². The van der Waals surface area contributed by atoms with Crippen LogP contribution in [0.4, 0.5) is 11.4 Å². The van der Waals surface area contributed by atoms with Gasteiger partial charge < -0.3 is 5.32 Å². The fraction of sp³-hybridized carbons (Fsp3) is 0.200. The van der Waals surface area contributed by atoms with Gasteiger partial charge >= 0.3 is 0 Å². The molecule has 1 aromatic rings. The molecular weight excluding hydrogens is 260 g/mol. The number of nitrogens with zero attached hydrogens (tertiary/aromatic N) is 1. The summed E-state index contributed by atoms with van der Waals surface area (Å²) in [6.45, 7) is 1.88. The lowest BCUT2D eigenvalue weighted by atomic mass is 10.1. The number of hydrogen-bond acceptors (Lipinski definition) is 2. The number of hydrogen-bond donors (Lipinski definition) is 1. The van der Waals surface area contributed by atoms with Gasteiger partial charge in [0.2, 0.25) is 11.8 Å². The van der Waals surface area contributed by atoms with Crippen molar-refractivity contribution in [2.75, 3.05) is 9.24 Å². The summed E-state index contributed by atoms with van der Waals surface area (Å²) in [5.41, 5.74) is 2.29. The molecule has 1 aliphatic rings. The predicted molar refractivity (Wildman–Crippen MR) is 60.8 cm³/mol. The molecule has 2 rings (SSSR count). The molecule has 1 N–H and O–H groups in total. The molecular formula is C10H9BrN2O2. The van der Waals surface area contributed by atoms with Crippen molar-refractivity contribution in [1.29, 1.82) is 0 Å². The van der Waals surface area contributed by atoms with Crippen molar-refractivity contribution in [2.24, 2.45) is 0 Å². The third-order valence-electron chi connectivity index (χ3n) is 2.26. The summed E-state index contributed by atoms with van der Waals surface area (Å²) in [5, 5.41) is 2.72. The van der Waals surface area contributed by atoms with Crippen molar-refractivity contribution in [1.82, 2.24) is 0 Å². The van der Waals surface area contributed by atoms with Crippen LogP contribution in [0.3, 0.4) is 0 Å². The van der Waals surface area contributed by atoms with Crippen LogP contribution < -0.4 is 9.24 Å². The second kappa shape index (κ2) is 3.66. The normalized spacial score (nSPS) is 15.7. The van der Waals surface area contributed by atoms with Crippen LogP contribution in [0.5, 0.6) is 0 Å². The number of halogens is 1. The van der Waals surface area contributed by atoms with Crippen LogP contribution in [0.15, 0.2) is 18.2 Å². The highest BCUT2D eigenvalue weighted by molar-refractivity contribution is 9.10. The molecule has 0 fully saturated rings. The Morgan fingerprint density at radius 2 is 2.13 bits per heavy atom. The molecule has 1 aromatic carbocycles. The SMILES string of the molecule is Cc1cccc2c1NC(=O)CC(=O)N2Br. The van der Waals surface area contributed by atoms with Gasteiger partial charge in [-0.15, -0.1) is 0 Å². The fourth-order valence-electron chi connectivity index (χ4n) is 1.50. The molecule has 0 radical (unpaired) electrons. The van der Waals surface area contributed by atoms with Gasteiger partial charge in [-0.1, -0.05) is 12.1 Å². The van der Waals surface area contributed by atoms with Crippen LogP contribution in [0.1, 0.15) is 12.0 Å². The first-order chi connectivity index (χ1) is 7.09. The highest BCUT2D eigenvalue weighted by atomic mass is 79.9. The standard InChI is InChI=1S/C10H9BrN2O2/c1-6-3-2-4-7-10(6)12-8(14)5-9(15)13(7)11/h2-4H,5H2,1H3,(H,12,14). The molecule has 4 nitrogen and oxygen atoms in total. The van der Waals surface area contributed by atoms with E-state index in [1.165, 1.54) is 3.93 Å². The van der Waals surface area contributed by atoms with Gasteiger partial charge in [-0.2, -0.15) is 0 Å². The zero-order valence-corrected chi connectivity index (χ0v) is 9.67. The maximum atomic E-state index is 11.5. The van der Waals surface area contributed by atoms with E-state index >= 15 is 0 Å². The number of amides is 2. The summed E-state index contributed by atoms with van der Waals surface area (Å²) in [7, 11) is 0. The van der Waals surface area contributed by atoms with E-state index in [0.717, 1.165) is 5.56 Å². The number of rotatable bonds is 0. The monoisotopic (exact) mass is 268 g/mol. The molecule has 78 valence electrons. The molecule has 15 heavy (non-hydrogen) atoms. The van der Waals surface area contributed by atoms with E-state index in [2.05, 4.69) is 21.5 Å². The Morgan fingerprint density at radius 3 is 2.87 bits per heavy atom. The maximum absolute atomic E-state index is 11.5. The molecule has 1 aliphatic heterocycles. The molecule has 0 atom stereocenters. The minimum Gasteiger partial charge on any atom is -0.324 e. The van der Waals surface area contributed by atoms with Crippen molar-refractivity contribution in [3.63, 3.8) is 0 Å². The molecule has 0 saturated carbocycles. The van der Waals surface area contributed by atoms with Crippen LogP contribution in [0, 0.1) is 6.92 Å². The average molecular weight is 269 g/mol. The number of para-hydroxylation sites is 1. The van der Waals surface area contributed by atoms with E-state index < -0.39 is 0 Å². The van der Waals surface area contributed by atoms with E-state index in [9.17, 15) is 9.59 Å². The van der Waals surface area contributed by atoms with Crippen molar-refractivity contribution in [2.45, 2.75) is 13.3 Å². The van der Waals surface area contributed by atoms with Crippen molar-refractivity contribution in [3.8, 4) is 0 Å². The average Bonchev–Trinajstić information content (AvgIpc) is 2.29. The van der Waals surface area contributed by atoms with Gasteiger partial charge in [-0.3, -0.25) is 9.59 Å². The summed E-state index contributed by atoms with van der Waals surface area (Å²) >= 11 is 3.16. The van der Waals surface area contributed by atoms with Crippen molar-refractivity contribution < 1.29 is 9.59 Å². The number of fused-ring (bicyclic) bond motifs is 1. The molecule has 0 saturated heterocycles. The van der Waals surface area contributed by atoms with Crippen LogP contribution in [-0.2, 0) is 9.59 Å². The molecule has 0 bridgehead atoms. The number of aryl methyl sites for hydroxylation is 1. The van der Waals surface area contributed by atoms with Gasteiger partial charge in [0.15, 0.2) is 0 Å². The number of carbonyl (C=O) groups is 2. The zero-order valence-electron chi connectivity index (χ0n) is 8.08. The van der Waals surface area contributed by atoms with Gasteiger partial charge in [-0.25, -0.2) is 3.93 Å². The Hall–Kier alpha value is -1.36. The Bertz CT molecular complexity index is 445. The van der Waals surface area contributed by atoms with Gasteiger partial charge in [0.05, 0.1) is 27.5 Å². The quantitative estimate of drug-likeness (QED) is 0.578. The topological polar surface area (TPSA) is 49.4 Å². The Morgan fingerprint density at radius 1 is 1.40 bits per heavy atom. The first-order valence-corrected chi connectivity index (χ1v) is 5.18. The molecule has 0 unspecified atom stereocenters. The summed E-state index contributed by atoms with van der Waals surface area (Å²) < 4.78 is 1.33. The maximum Gasteiger partial charge on any atom is 0.246 e. The first-order valence-electron chi connectivity index (χ1n) is 4.48. The fourth-order valence-corrected chi connectivity index (χ4v) is 1.92. The van der Waals surface area contributed by atoms with E-state index in [0.29, 0.717) is 11.4 Å². The smallest absolute Gasteiger partial charge is 0.246 e. The molecule has 5 heteroatoms. The highest BCUT2D eigenvalue weighted by Crippen LogP contribution is 2.33. The van der Waals surface area contributed by atoms with Gasteiger partial charge in [0.1, 0.15) is 6.42 Å². The van der Waals surface area contributed by atoms with E-state index in [1.54, 1.807) is 6.07 Å². The van der Waals surface area contributed by atoms with E-state index in [1.807, 2.05) is 19.1 Å². The lowest BCUT2D eigenvalue weighted by molar-refractivity contribution is -0.124. The molecule has 0 aromatic heterocycles. The Balaban J connectivity index is 2.59. The van der Waals surface area contributed by atoms with Crippen LogP contribution in [-0.4, -0.2) is 11.8 Å². The van der Waals surface area contributed by atoms with Crippen LogP contribution >= 0.6 is 16.1 Å². The number of anilines is 2. The Kier molecular flexibility index (Phi) is 2.48. The summed E-state index contributed by atoms with van der Waals surface area (Å²) in [5.74, 6) is -0.547. The first kappa shape index (κ1) is 10.2. The number of nitrogens with one attached hydrogen (secondary N) is 1. The van der Waals surface area contributed by atoms with Gasteiger partial charge in [0, 0.05) is 0 Å². The predicted octanol–water partition coefficient (Wildman–Crippen LogP) is 1.98. The second-order valence-electron chi connectivity index (χ2n) is 3.37. The lowest BCUT2D eigenvalue weighted by Crippen LogP contribution is -2.21.